The second-order valence-corrected chi connectivity index (χ2v) is 9.42. The summed E-state index contributed by atoms with van der Waals surface area (Å²) in [5, 5.41) is 11.4. The molecule has 1 fully saturated rings. The predicted molar refractivity (Wildman–Crippen MR) is 137 cm³/mol. The molecule has 2 atom stereocenters. The third kappa shape index (κ3) is 4.98. The lowest BCUT2D eigenvalue weighted by Gasteiger charge is -2.27. The van der Waals surface area contributed by atoms with E-state index in [4.69, 9.17) is 4.74 Å². The molecule has 0 saturated carbocycles. The maximum Gasteiger partial charge on any atom is 0.295 e. The van der Waals surface area contributed by atoms with E-state index in [-0.39, 0.29) is 17.4 Å². The molecule has 35 heavy (non-hydrogen) atoms. The Morgan fingerprint density at radius 2 is 1.80 bits per heavy atom. The third-order valence-electron chi connectivity index (χ3n) is 7.18. The van der Waals surface area contributed by atoms with Gasteiger partial charge in [-0.05, 0) is 74.3 Å². The van der Waals surface area contributed by atoms with Crippen LogP contribution in [0, 0.1) is 0 Å². The lowest BCUT2D eigenvalue weighted by Crippen LogP contribution is -2.33. The van der Waals surface area contributed by atoms with Crippen LogP contribution < -0.4 is 4.74 Å². The highest BCUT2D eigenvalue weighted by molar-refractivity contribution is 6.46. The lowest BCUT2D eigenvalue weighted by atomic mass is 9.93. The number of aliphatic hydroxyl groups is 1. The second kappa shape index (κ2) is 10.6. The number of nitrogens with zero attached hydrogens (tertiary/aromatic N) is 2. The number of carbonyl (C=O) groups excluding carboxylic acids is 2. The number of carbonyl (C=O) groups is 2. The summed E-state index contributed by atoms with van der Waals surface area (Å²) in [6, 6.07) is 12.9. The van der Waals surface area contributed by atoms with Gasteiger partial charge in [-0.25, -0.2) is 0 Å². The smallest absolute Gasteiger partial charge is 0.295 e. The first-order valence-electron chi connectivity index (χ1n) is 12.8. The molecule has 186 valence electrons. The fraction of sp³-hybridized carbons (Fsp3) is 0.448. The molecule has 0 aliphatic carbocycles. The van der Waals surface area contributed by atoms with Gasteiger partial charge in [-0.2, -0.15) is 0 Å². The molecule has 2 aliphatic rings. The first-order valence-corrected chi connectivity index (χ1v) is 12.8. The summed E-state index contributed by atoms with van der Waals surface area (Å²) in [6.07, 6.45) is 2.49. The molecule has 0 unspecified atom stereocenters. The summed E-state index contributed by atoms with van der Waals surface area (Å²) in [7, 11) is 0. The fourth-order valence-electron chi connectivity index (χ4n) is 5.12. The monoisotopic (exact) mass is 476 g/mol. The Hall–Kier alpha value is -3.12. The van der Waals surface area contributed by atoms with Crippen LogP contribution in [0.1, 0.15) is 62.4 Å². The van der Waals surface area contributed by atoms with E-state index >= 15 is 0 Å². The van der Waals surface area contributed by atoms with Gasteiger partial charge in [0.15, 0.2) is 0 Å². The van der Waals surface area contributed by atoms with Crippen molar-refractivity contribution in [2.45, 2.75) is 59.1 Å². The third-order valence-corrected chi connectivity index (χ3v) is 7.18. The first kappa shape index (κ1) is 25.0. The SMILES string of the molecule is CCc1ccc([C@@H]2/C(=C(\O)c3ccc4c(c3)C[C@@H](C)O4)C(=O)C(=O)N2CCCN(CC)CC)cc1. The number of likely N-dealkylation sites (tertiary alicyclic amines) is 1. The topological polar surface area (TPSA) is 70.1 Å². The Labute approximate surface area is 208 Å². The summed E-state index contributed by atoms with van der Waals surface area (Å²) < 4.78 is 5.79. The molecule has 6 nitrogen and oxygen atoms in total. The van der Waals surface area contributed by atoms with Crippen molar-refractivity contribution >= 4 is 17.4 Å². The van der Waals surface area contributed by atoms with Crippen molar-refractivity contribution in [3.8, 4) is 5.75 Å². The van der Waals surface area contributed by atoms with Gasteiger partial charge in [0.2, 0.25) is 0 Å². The van der Waals surface area contributed by atoms with Crippen LogP contribution in [0.3, 0.4) is 0 Å². The zero-order valence-corrected chi connectivity index (χ0v) is 21.2. The molecular formula is C29H36N2O4. The van der Waals surface area contributed by atoms with Crippen molar-refractivity contribution in [3.63, 3.8) is 0 Å². The van der Waals surface area contributed by atoms with Crippen LogP contribution >= 0.6 is 0 Å². The van der Waals surface area contributed by atoms with Gasteiger partial charge in [-0.15, -0.1) is 0 Å². The molecule has 2 aromatic rings. The number of benzene rings is 2. The molecule has 6 heteroatoms. The lowest BCUT2D eigenvalue weighted by molar-refractivity contribution is -0.140. The number of fused-ring (bicyclic) bond motifs is 1. The predicted octanol–water partition coefficient (Wildman–Crippen LogP) is 4.73. The van der Waals surface area contributed by atoms with E-state index in [9.17, 15) is 14.7 Å². The average molecular weight is 477 g/mol. The Balaban J connectivity index is 1.73. The van der Waals surface area contributed by atoms with Crippen LogP contribution in [0.15, 0.2) is 48.0 Å². The molecule has 4 rings (SSSR count). The quantitative estimate of drug-likeness (QED) is 0.322. The van der Waals surface area contributed by atoms with Gasteiger partial charge in [0, 0.05) is 18.5 Å². The number of Topliss-reactive ketones (excluding diaryl/α,β-unsaturated/α-hetero) is 1. The second-order valence-electron chi connectivity index (χ2n) is 9.42. The van der Waals surface area contributed by atoms with Crippen LogP contribution in [-0.2, 0) is 22.4 Å². The molecule has 1 amide bonds. The van der Waals surface area contributed by atoms with Gasteiger partial charge in [0.25, 0.3) is 11.7 Å². The molecule has 0 bridgehead atoms. The van der Waals surface area contributed by atoms with Crippen LogP contribution in [-0.4, -0.2) is 58.9 Å². The Bertz CT molecular complexity index is 1120. The molecular weight excluding hydrogens is 440 g/mol. The molecule has 0 spiro atoms. The Morgan fingerprint density at radius 3 is 2.46 bits per heavy atom. The molecule has 2 heterocycles. The molecule has 2 aliphatic heterocycles. The highest BCUT2D eigenvalue weighted by Gasteiger charge is 2.45. The molecule has 0 radical (unpaired) electrons. The van der Waals surface area contributed by atoms with Crippen molar-refractivity contribution in [1.82, 2.24) is 9.80 Å². The van der Waals surface area contributed by atoms with E-state index in [0.717, 1.165) is 55.8 Å². The van der Waals surface area contributed by atoms with Gasteiger partial charge in [-0.3, -0.25) is 9.59 Å². The van der Waals surface area contributed by atoms with Gasteiger partial charge in [-0.1, -0.05) is 45.0 Å². The van der Waals surface area contributed by atoms with E-state index < -0.39 is 17.7 Å². The van der Waals surface area contributed by atoms with E-state index in [0.29, 0.717) is 12.1 Å². The molecule has 2 aromatic carbocycles. The van der Waals surface area contributed by atoms with E-state index in [1.54, 1.807) is 11.0 Å². The van der Waals surface area contributed by atoms with E-state index in [1.165, 1.54) is 5.56 Å². The number of hydrogen-bond acceptors (Lipinski definition) is 5. The average Bonchev–Trinajstić information content (AvgIpc) is 3.37. The zero-order chi connectivity index (χ0) is 25.1. The summed E-state index contributed by atoms with van der Waals surface area (Å²) in [5.74, 6) is -0.493. The summed E-state index contributed by atoms with van der Waals surface area (Å²) in [6.45, 7) is 11.5. The minimum absolute atomic E-state index is 0.0795. The maximum absolute atomic E-state index is 13.3. The van der Waals surface area contributed by atoms with Gasteiger partial charge in [0.1, 0.15) is 17.6 Å². The number of ether oxygens (including phenoxy) is 1. The Morgan fingerprint density at radius 1 is 1.09 bits per heavy atom. The minimum atomic E-state index is -0.625. The first-order chi connectivity index (χ1) is 16.9. The molecule has 1 saturated heterocycles. The zero-order valence-electron chi connectivity index (χ0n) is 21.2. The minimum Gasteiger partial charge on any atom is -0.507 e. The van der Waals surface area contributed by atoms with Gasteiger partial charge >= 0.3 is 0 Å². The summed E-state index contributed by atoms with van der Waals surface area (Å²) >= 11 is 0. The number of hydrogen-bond donors (Lipinski definition) is 1. The molecule has 0 aromatic heterocycles. The van der Waals surface area contributed by atoms with Crippen molar-refractivity contribution in [1.29, 1.82) is 0 Å². The maximum atomic E-state index is 13.3. The number of aryl methyl sites for hydroxylation is 1. The number of amides is 1. The van der Waals surface area contributed by atoms with Crippen molar-refractivity contribution in [2.24, 2.45) is 0 Å². The highest BCUT2D eigenvalue weighted by atomic mass is 16.5. The number of rotatable bonds is 9. The van der Waals surface area contributed by atoms with Crippen molar-refractivity contribution in [2.75, 3.05) is 26.2 Å². The number of aliphatic hydroxyl groups excluding tert-OH is 1. The highest BCUT2D eigenvalue weighted by Crippen LogP contribution is 2.40. The van der Waals surface area contributed by atoms with Gasteiger partial charge in [0.05, 0.1) is 11.6 Å². The van der Waals surface area contributed by atoms with E-state index in [2.05, 4.69) is 25.7 Å². The van der Waals surface area contributed by atoms with Crippen molar-refractivity contribution in [3.05, 3.63) is 70.3 Å². The molecule has 1 N–H and O–H groups in total. The Kier molecular flexibility index (Phi) is 7.60. The van der Waals surface area contributed by atoms with Crippen molar-refractivity contribution < 1.29 is 19.4 Å². The summed E-state index contributed by atoms with van der Waals surface area (Å²) in [4.78, 5) is 30.4. The number of ketones is 1. The van der Waals surface area contributed by atoms with Crippen LogP contribution in [0.25, 0.3) is 5.76 Å². The standard InChI is InChI=1S/C29H36N2O4/c1-5-20-9-11-21(12-10-20)26-25(27(32)22-13-14-24-23(18-22)17-19(4)35-24)28(33)29(34)31(26)16-8-15-30(6-2)7-3/h9-14,18-19,26,32H,5-8,15-17H2,1-4H3/b27-25+/t19-,26-/m1/s1. The normalized spacial score (nSPS) is 21.0. The largest absolute Gasteiger partial charge is 0.507 e. The fourth-order valence-corrected chi connectivity index (χ4v) is 5.12. The van der Waals surface area contributed by atoms with Crippen LogP contribution in [0.4, 0.5) is 0 Å². The van der Waals surface area contributed by atoms with Crippen LogP contribution in [0.5, 0.6) is 5.75 Å². The van der Waals surface area contributed by atoms with E-state index in [1.807, 2.05) is 43.3 Å². The summed E-state index contributed by atoms with van der Waals surface area (Å²) in [5.41, 5.74) is 3.72. The van der Waals surface area contributed by atoms with Crippen LogP contribution in [0.2, 0.25) is 0 Å². The van der Waals surface area contributed by atoms with Gasteiger partial charge < -0.3 is 19.6 Å².